The first kappa shape index (κ1) is 17.0. The van der Waals surface area contributed by atoms with Crippen molar-refractivity contribution in [3.05, 3.63) is 24.3 Å². The number of unbranched alkanes of at least 4 members (excludes halogenated alkanes) is 1. The highest BCUT2D eigenvalue weighted by molar-refractivity contribution is 5.95. The second-order valence-electron chi connectivity index (χ2n) is 5.97. The average molecular weight is 289 g/mol. The van der Waals surface area contributed by atoms with Crippen LogP contribution in [0.1, 0.15) is 33.6 Å². The monoisotopic (exact) mass is 289 g/mol. The molecule has 3 N–H and O–H groups in total. The van der Waals surface area contributed by atoms with Crippen molar-refractivity contribution >= 4 is 11.6 Å². The third kappa shape index (κ3) is 5.84. The summed E-state index contributed by atoms with van der Waals surface area (Å²) >= 11 is 0. The Balaban J connectivity index is 2.60. The lowest BCUT2D eigenvalue weighted by atomic mass is 9.87. The van der Waals surface area contributed by atoms with Crippen molar-refractivity contribution in [3.63, 3.8) is 0 Å². The van der Waals surface area contributed by atoms with Gasteiger partial charge in [-0.3, -0.25) is 4.79 Å². The molecule has 5 nitrogen and oxygen atoms in total. The third-order valence-corrected chi connectivity index (χ3v) is 3.02. The Morgan fingerprint density at radius 2 is 2.19 bits per heavy atom. The van der Waals surface area contributed by atoms with Gasteiger partial charge in [0.1, 0.15) is 5.75 Å². The van der Waals surface area contributed by atoms with E-state index in [1.165, 1.54) is 0 Å². The molecular weight excluding hydrogens is 266 g/mol. The van der Waals surface area contributed by atoms with E-state index in [0.717, 1.165) is 0 Å². The second-order valence-corrected chi connectivity index (χ2v) is 5.97. The zero-order valence-corrected chi connectivity index (χ0v) is 12.8. The number of nitrogens with two attached hydrogens (primary N) is 1. The molecule has 0 heterocycles. The molecule has 0 saturated heterocycles. The fraction of sp³-hybridized carbons (Fsp3) is 0.500. The van der Waals surface area contributed by atoms with Crippen LogP contribution in [-0.2, 0) is 4.79 Å². The van der Waals surface area contributed by atoms with Gasteiger partial charge in [-0.2, -0.15) is 5.26 Å². The molecule has 0 radical (unpaired) electrons. The first-order valence-electron chi connectivity index (χ1n) is 7.01. The molecule has 0 aliphatic rings. The van der Waals surface area contributed by atoms with E-state index in [0.29, 0.717) is 30.9 Å². The van der Waals surface area contributed by atoms with Crippen molar-refractivity contribution in [2.24, 2.45) is 11.1 Å². The van der Waals surface area contributed by atoms with E-state index in [1.807, 2.05) is 26.8 Å². The standard InChI is InChI=1S/C16H23N3O2/c1-16(2,3)14(18)15(20)19-12-7-6-8-13(11-12)21-10-5-4-9-17/h6-8,11,14H,4-5,10,18H2,1-3H3,(H,19,20). The molecule has 0 aliphatic carbocycles. The Morgan fingerprint density at radius 1 is 1.48 bits per heavy atom. The number of rotatable bonds is 6. The van der Waals surface area contributed by atoms with Gasteiger partial charge in [-0.05, 0) is 24.0 Å². The van der Waals surface area contributed by atoms with Gasteiger partial charge in [0.15, 0.2) is 0 Å². The summed E-state index contributed by atoms with van der Waals surface area (Å²) in [5.41, 5.74) is 6.27. The van der Waals surface area contributed by atoms with Gasteiger partial charge >= 0.3 is 0 Å². The number of carbonyl (C=O) groups excluding carboxylic acids is 1. The molecule has 1 unspecified atom stereocenters. The lowest BCUT2D eigenvalue weighted by molar-refractivity contribution is -0.119. The summed E-state index contributed by atoms with van der Waals surface area (Å²) in [6.45, 7) is 6.25. The molecular formula is C16H23N3O2. The number of amides is 1. The zero-order valence-electron chi connectivity index (χ0n) is 12.8. The average Bonchev–Trinajstić information content (AvgIpc) is 2.42. The smallest absolute Gasteiger partial charge is 0.241 e. The molecule has 5 heteroatoms. The SMILES string of the molecule is CC(C)(C)C(N)C(=O)Nc1cccc(OCCCC#N)c1. The zero-order chi connectivity index (χ0) is 15.9. The maximum atomic E-state index is 12.1. The van der Waals surface area contributed by atoms with Crippen LogP contribution in [-0.4, -0.2) is 18.6 Å². The van der Waals surface area contributed by atoms with Crippen molar-refractivity contribution in [1.82, 2.24) is 0 Å². The Kier molecular flexibility index (Phi) is 6.19. The molecule has 0 bridgehead atoms. The van der Waals surface area contributed by atoms with E-state index in [4.69, 9.17) is 15.7 Å². The van der Waals surface area contributed by atoms with Crippen LogP contribution in [0.4, 0.5) is 5.69 Å². The van der Waals surface area contributed by atoms with Crippen molar-refractivity contribution in [2.75, 3.05) is 11.9 Å². The number of ether oxygens (including phenoxy) is 1. The van der Waals surface area contributed by atoms with Gasteiger partial charge in [0.2, 0.25) is 5.91 Å². The van der Waals surface area contributed by atoms with Crippen LogP contribution >= 0.6 is 0 Å². The predicted molar refractivity (Wildman–Crippen MR) is 82.8 cm³/mol. The Labute approximate surface area is 126 Å². The van der Waals surface area contributed by atoms with Crippen LogP contribution in [0, 0.1) is 16.7 Å². The Hall–Kier alpha value is -2.06. The molecule has 1 rings (SSSR count). The molecule has 0 aromatic heterocycles. The lowest BCUT2D eigenvalue weighted by Crippen LogP contribution is -2.45. The first-order valence-corrected chi connectivity index (χ1v) is 7.01. The lowest BCUT2D eigenvalue weighted by Gasteiger charge is -2.25. The largest absolute Gasteiger partial charge is 0.493 e. The van der Waals surface area contributed by atoms with Gasteiger partial charge in [0, 0.05) is 18.2 Å². The van der Waals surface area contributed by atoms with Crippen molar-refractivity contribution < 1.29 is 9.53 Å². The summed E-state index contributed by atoms with van der Waals surface area (Å²) in [6, 6.07) is 8.63. The number of benzene rings is 1. The summed E-state index contributed by atoms with van der Waals surface area (Å²) in [5.74, 6) is 0.444. The van der Waals surface area contributed by atoms with E-state index in [-0.39, 0.29) is 11.3 Å². The van der Waals surface area contributed by atoms with Gasteiger partial charge in [-0.25, -0.2) is 0 Å². The van der Waals surface area contributed by atoms with Crippen LogP contribution in [0.3, 0.4) is 0 Å². The summed E-state index contributed by atoms with van der Waals surface area (Å²) in [6.07, 6.45) is 1.15. The van der Waals surface area contributed by atoms with Gasteiger partial charge in [0.05, 0.1) is 18.7 Å². The Bertz CT molecular complexity index is 515. The minimum absolute atomic E-state index is 0.218. The number of anilines is 1. The van der Waals surface area contributed by atoms with Gasteiger partial charge < -0.3 is 15.8 Å². The van der Waals surface area contributed by atoms with Crippen molar-refractivity contribution in [1.29, 1.82) is 5.26 Å². The molecule has 0 spiro atoms. The molecule has 1 atom stereocenters. The summed E-state index contributed by atoms with van der Waals surface area (Å²) < 4.78 is 5.52. The van der Waals surface area contributed by atoms with Gasteiger partial charge in [-0.1, -0.05) is 26.8 Å². The first-order chi connectivity index (χ1) is 9.84. The number of nitriles is 1. The van der Waals surface area contributed by atoms with Gasteiger partial charge in [0.25, 0.3) is 0 Å². The third-order valence-electron chi connectivity index (χ3n) is 3.02. The normalized spacial score (nSPS) is 12.3. The van der Waals surface area contributed by atoms with Crippen LogP contribution in [0.15, 0.2) is 24.3 Å². The molecule has 1 aromatic carbocycles. The van der Waals surface area contributed by atoms with Crippen LogP contribution in [0.2, 0.25) is 0 Å². The number of hydrogen-bond donors (Lipinski definition) is 2. The molecule has 0 aliphatic heterocycles. The van der Waals surface area contributed by atoms with Gasteiger partial charge in [-0.15, -0.1) is 0 Å². The molecule has 0 saturated carbocycles. The van der Waals surface area contributed by atoms with Crippen LogP contribution < -0.4 is 15.8 Å². The van der Waals surface area contributed by atoms with E-state index >= 15 is 0 Å². The van der Waals surface area contributed by atoms with Crippen molar-refractivity contribution in [2.45, 2.75) is 39.7 Å². The van der Waals surface area contributed by atoms with E-state index in [2.05, 4.69) is 11.4 Å². The minimum atomic E-state index is -0.585. The topological polar surface area (TPSA) is 88.1 Å². The minimum Gasteiger partial charge on any atom is -0.493 e. The molecule has 21 heavy (non-hydrogen) atoms. The predicted octanol–water partition coefficient (Wildman–Crippen LogP) is 2.68. The highest BCUT2D eigenvalue weighted by atomic mass is 16.5. The fourth-order valence-corrected chi connectivity index (χ4v) is 1.62. The van der Waals surface area contributed by atoms with Crippen LogP contribution in [0.5, 0.6) is 5.75 Å². The van der Waals surface area contributed by atoms with Crippen molar-refractivity contribution in [3.8, 4) is 11.8 Å². The highest BCUT2D eigenvalue weighted by Crippen LogP contribution is 2.21. The summed E-state index contributed by atoms with van der Waals surface area (Å²) in [4.78, 5) is 12.1. The summed E-state index contributed by atoms with van der Waals surface area (Å²) in [7, 11) is 0. The molecule has 1 aromatic rings. The van der Waals surface area contributed by atoms with E-state index in [9.17, 15) is 4.79 Å². The van der Waals surface area contributed by atoms with E-state index in [1.54, 1.807) is 18.2 Å². The number of carbonyl (C=O) groups is 1. The Morgan fingerprint density at radius 3 is 2.81 bits per heavy atom. The summed E-state index contributed by atoms with van der Waals surface area (Å²) in [5, 5.41) is 11.3. The molecule has 0 fully saturated rings. The quantitative estimate of drug-likeness (QED) is 0.788. The van der Waals surface area contributed by atoms with Crippen LogP contribution in [0.25, 0.3) is 0 Å². The maximum absolute atomic E-state index is 12.1. The van der Waals surface area contributed by atoms with E-state index < -0.39 is 6.04 Å². The maximum Gasteiger partial charge on any atom is 0.241 e. The fourth-order valence-electron chi connectivity index (χ4n) is 1.62. The molecule has 114 valence electrons. The number of nitrogens with zero attached hydrogens (tertiary/aromatic N) is 1. The number of hydrogen-bond acceptors (Lipinski definition) is 4. The second kappa shape index (κ2) is 7.65. The number of nitrogens with one attached hydrogen (secondary N) is 1. The molecule has 1 amide bonds. The highest BCUT2D eigenvalue weighted by Gasteiger charge is 2.27.